The molecule has 8 nitrogen and oxygen atoms in total. The normalized spacial score (nSPS) is 17.9. The predicted molar refractivity (Wildman–Crippen MR) is 106 cm³/mol. The number of hydrogen-bond donors (Lipinski definition) is 1. The molecule has 1 unspecified atom stereocenters. The van der Waals surface area contributed by atoms with Gasteiger partial charge in [-0.1, -0.05) is 30.3 Å². The Morgan fingerprint density at radius 2 is 1.76 bits per heavy atom. The zero-order valence-corrected chi connectivity index (χ0v) is 15.9. The highest BCUT2D eigenvalue weighted by Crippen LogP contribution is 2.27. The van der Waals surface area contributed by atoms with Gasteiger partial charge in [-0.15, -0.1) is 5.10 Å². The lowest BCUT2D eigenvalue weighted by atomic mass is 10.2. The van der Waals surface area contributed by atoms with E-state index in [2.05, 4.69) is 15.5 Å². The van der Waals surface area contributed by atoms with Crippen LogP contribution >= 0.6 is 0 Å². The number of rotatable bonds is 8. The Morgan fingerprint density at radius 1 is 1.03 bits per heavy atom. The van der Waals surface area contributed by atoms with Gasteiger partial charge in [0.2, 0.25) is 19.0 Å². The van der Waals surface area contributed by atoms with Crippen molar-refractivity contribution in [2.24, 2.45) is 5.10 Å². The summed E-state index contributed by atoms with van der Waals surface area (Å²) in [5.41, 5.74) is 4.15. The molecule has 8 heteroatoms. The largest absolute Gasteiger partial charge is 0.489 e. The molecule has 1 N–H and O–H groups in total. The number of carbonyl (C=O) groups is 1. The number of oxazole rings is 1. The van der Waals surface area contributed by atoms with Crippen LogP contribution in [0, 0.1) is 0 Å². The van der Waals surface area contributed by atoms with Crippen molar-refractivity contribution in [3.8, 4) is 23.0 Å². The average Bonchev–Trinajstić information content (AvgIpc) is 3.35. The Kier molecular flexibility index (Phi) is 5.26. The van der Waals surface area contributed by atoms with E-state index in [4.69, 9.17) is 13.9 Å². The first-order valence-corrected chi connectivity index (χ1v) is 9.18. The zero-order chi connectivity index (χ0) is 20.1. The number of urea groups is 1. The third-order valence-corrected chi connectivity index (χ3v) is 4.46. The fraction of sp³-hybridized carbons (Fsp3) is 0.190. The maximum Gasteiger partial charge on any atom is 0.445 e. The fourth-order valence-corrected chi connectivity index (χ4v) is 2.76. The number of hydrogen-bond acceptors (Lipinski definition) is 6. The molecule has 0 saturated heterocycles. The van der Waals surface area contributed by atoms with Crippen LogP contribution in [-0.4, -0.2) is 42.2 Å². The lowest BCUT2D eigenvalue weighted by Crippen LogP contribution is -2.49. The number of benzene rings is 2. The molecule has 0 radical (unpaired) electrons. The van der Waals surface area contributed by atoms with Crippen LogP contribution in [0.2, 0.25) is 0 Å². The topological polar surface area (TPSA) is 85.9 Å². The highest BCUT2D eigenvalue weighted by molar-refractivity contribution is 5.79. The first-order valence-electron chi connectivity index (χ1n) is 9.18. The summed E-state index contributed by atoms with van der Waals surface area (Å²) in [4.78, 5) is 16.3. The Hall–Kier alpha value is -3.65. The van der Waals surface area contributed by atoms with Gasteiger partial charge >= 0.3 is 6.03 Å². The fourth-order valence-electron chi connectivity index (χ4n) is 2.76. The highest BCUT2D eigenvalue weighted by atomic mass is 16.5. The molecule has 2 aromatic carbocycles. The third kappa shape index (κ3) is 4.27. The minimum absolute atomic E-state index is 0.0878. The Bertz CT molecular complexity index is 1020. The smallest absolute Gasteiger partial charge is 0.445 e. The van der Waals surface area contributed by atoms with Crippen molar-refractivity contribution in [3.63, 3.8) is 0 Å². The molecule has 1 aromatic heterocycles. The van der Waals surface area contributed by atoms with Crippen LogP contribution in [0.4, 0.5) is 4.79 Å². The maximum atomic E-state index is 11.8. The van der Waals surface area contributed by atoms with Crippen molar-refractivity contribution in [2.75, 3.05) is 20.4 Å². The monoisotopic (exact) mass is 393 g/mol. The summed E-state index contributed by atoms with van der Waals surface area (Å²) in [5, 5.41) is 3.78. The molecule has 29 heavy (non-hydrogen) atoms. The van der Waals surface area contributed by atoms with Crippen molar-refractivity contribution in [3.05, 3.63) is 66.6 Å². The van der Waals surface area contributed by atoms with Gasteiger partial charge in [0.15, 0.2) is 11.5 Å². The predicted octanol–water partition coefficient (Wildman–Crippen LogP) is 3.41. The third-order valence-electron chi connectivity index (χ3n) is 4.46. The van der Waals surface area contributed by atoms with Crippen molar-refractivity contribution < 1.29 is 23.2 Å². The number of aromatic nitrogens is 1. The Labute approximate surface area is 168 Å². The molecule has 0 fully saturated rings. The van der Waals surface area contributed by atoms with E-state index in [1.807, 2.05) is 48.5 Å². The van der Waals surface area contributed by atoms with E-state index in [1.54, 1.807) is 19.4 Å². The van der Waals surface area contributed by atoms with Gasteiger partial charge in [0.1, 0.15) is 6.26 Å². The van der Waals surface area contributed by atoms with E-state index >= 15 is 0 Å². The minimum atomic E-state index is -0.247. The molecule has 1 atom stereocenters. The van der Waals surface area contributed by atoms with E-state index in [0.29, 0.717) is 30.4 Å². The number of ether oxygens (including phenoxy) is 2. The van der Waals surface area contributed by atoms with E-state index in [-0.39, 0.29) is 17.2 Å². The molecule has 0 aliphatic carbocycles. The number of nitrogens with zero attached hydrogens (tertiary/aromatic N) is 3. The van der Waals surface area contributed by atoms with Gasteiger partial charge in [0, 0.05) is 12.0 Å². The second-order valence-electron chi connectivity index (χ2n) is 6.76. The second-order valence-corrected chi connectivity index (χ2v) is 6.76. The summed E-state index contributed by atoms with van der Waals surface area (Å²) in [5.74, 6) is 1.75. The quantitative estimate of drug-likeness (QED) is 0.593. The van der Waals surface area contributed by atoms with Crippen LogP contribution in [0.15, 0.2) is 70.4 Å². The van der Waals surface area contributed by atoms with Gasteiger partial charge in [0.05, 0.1) is 19.3 Å². The van der Waals surface area contributed by atoms with E-state index in [1.165, 1.54) is 6.34 Å². The molecule has 1 aliphatic heterocycles. The van der Waals surface area contributed by atoms with Crippen molar-refractivity contribution in [2.45, 2.75) is 6.42 Å². The van der Waals surface area contributed by atoms with Gasteiger partial charge in [-0.2, -0.15) is 9.91 Å². The summed E-state index contributed by atoms with van der Waals surface area (Å²) in [6, 6.07) is 16.8. The molecule has 148 valence electrons. The zero-order valence-electron chi connectivity index (χ0n) is 15.9. The molecular weight excluding hydrogens is 372 g/mol. The van der Waals surface area contributed by atoms with Gasteiger partial charge < -0.3 is 13.9 Å². The van der Waals surface area contributed by atoms with Gasteiger partial charge in [-0.25, -0.2) is 9.78 Å². The molecule has 4 rings (SSSR count). The van der Waals surface area contributed by atoms with Crippen LogP contribution in [0.5, 0.6) is 11.5 Å². The highest BCUT2D eigenvalue weighted by Gasteiger charge is 2.36. The number of hydrazone groups is 1. The number of quaternary nitrogens is 1. The summed E-state index contributed by atoms with van der Waals surface area (Å²) in [6.45, 7) is 0.522. The molecule has 0 spiro atoms. The molecule has 0 bridgehead atoms. The summed E-state index contributed by atoms with van der Waals surface area (Å²) in [6.07, 6.45) is 3.73. The van der Waals surface area contributed by atoms with E-state index in [0.717, 1.165) is 11.3 Å². The molecular formula is C21H21N4O4+. The summed E-state index contributed by atoms with van der Waals surface area (Å²) in [7, 11) is 1.71. The molecule has 0 saturated carbocycles. The molecule has 2 amide bonds. The van der Waals surface area contributed by atoms with Crippen molar-refractivity contribution >= 4 is 12.4 Å². The number of nitrogens with one attached hydrogen (secondary N) is 1. The van der Waals surface area contributed by atoms with E-state index in [9.17, 15) is 4.79 Å². The van der Waals surface area contributed by atoms with Gasteiger partial charge in [-0.3, -0.25) is 0 Å². The molecule has 2 heterocycles. The minimum Gasteiger partial charge on any atom is -0.489 e. The van der Waals surface area contributed by atoms with E-state index < -0.39 is 0 Å². The standard InChI is InChI=1S/C21H20N4O4/c1-25(14-22-24-21(25)26)15-29-19-10-6-5-9-18(19)27-12-11-17-13-28-20(23-17)16-7-3-2-4-8-16/h2-10,13-14H,11-12,15H2,1H3/p+1. The van der Waals surface area contributed by atoms with Crippen LogP contribution < -0.4 is 14.9 Å². The Morgan fingerprint density at radius 3 is 2.48 bits per heavy atom. The van der Waals surface area contributed by atoms with Crippen molar-refractivity contribution in [1.29, 1.82) is 0 Å². The van der Waals surface area contributed by atoms with Gasteiger partial charge in [0.25, 0.3) is 0 Å². The number of amides is 2. The lowest BCUT2D eigenvalue weighted by molar-refractivity contribution is -0.745. The lowest BCUT2D eigenvalue weighted by Gasteiger charge is -2.21. The number of para-hydroxylation sites is 2. The van der Waals surface area contributed by atoms with Crippen LogP contribution in [-0.2, 0) is 6.42 Å². The van der Waals surface area contributed by atoms with Crippen LogP contribution in [0.1, 0.15) is 5.69 Å². The average molecular weight is 393 g/mol. The van der Waals surface area contributed by atoms with Gasteiger partial charge in [-0.05, 0) is 24.3 Å². The summed E-state index contributed by atoms with van der Waals surface area (Å²) < 4.78 is 17.2. The first-order chi connectivity index (χ1) is 14.1. The van der Waals surface area contributed by atoms with Crippen molar-refractivity contribution in [1.82, 2.24) is 10.4 Å². The van der Waals surface area contributed by atoms with Crippen LogP contribution in [0.3, 0.4) is 0 Å². The Balaban J connectivity index is 1.34. The first kappa shape index (κ1) is 18.7. The molecule has 3 aromatic rings. The van der Waals surface area contributed by atoms with Crippen LogP contribution in [0.25, 0.3) is 11.5 Å². The SMILES string of the molecule is C[N+]1(COc2ccccc2OCCc2coc(-c3ccccc3)n2)C=NNC1=O. The second kappa shape index (κ2) is 8.15. The molecule has 1 aliphatic rings. The summed E-state index contributed by atoms with van der Waals surface area (Å²) >= 11 is 0. The maximum absolute atomic E-state index is 11.8. The number of carbonyl (C=O) groups excluding carboxylic acids is 1.